The normalized spacial score (nSPS) is 10.4. The van der Waals surface area contributed by atoms with Crippen molar-refractivity contribution in [1.29, 1.82) is 0 Å². The van der Waals surface area contributed by atoms with Crippen LogP contribution in [0.4, 0.5) is 0 Å². The molecule has 0 atom stereocenters. The summed E-state index contributed by atoms with van der Waals surface area (Å²) < 4.78 is 0. The topological polar surface area (TPSA) is 127 Å². The van der Waals surface area contributed by atoms with Crippen LogP contribution in [0.3, 0.4) is 0 Å². The second kappa shape index (κ2) is 8.31. The number of hydrogen-bond acceptors (Lipinski definition) is 7. The fourth-order valence-corrected chi connectivity index (χ4v) is 2.39. The predicted octanol–water partition coefficient (Wildman–Crippen LogP) is 1.12. The smallest absolute Gasteiger partial charge is 0.287 e. The fourth-order valence-electron chi connectivity index (χ4n) is 2.39. The van der Waals surface area contributed by atoms with Gasteiger partial charge in [0.05, 0.1) is 42.2 Å². The Bertz CT molecular complexity index is 1000. The zero-order valence-electron chi connectivity index (χ0n) is 15.5. The first kappa shape index (κ1) is 19.1. The second-order valence-electron chi connectivity index (χ2n) is 6.12. The lowest BCUT2D eigenvalue weighted by molar-refractivity contribution is 0.0788. The van der Waals surface area contributed by atoms with Gasteiger partial charge in [0.15, 0.2) is 0 Å². The van der Waals surface area contributed by atoms with Gasteiger partial charge in [-0.2, -0.15) is 0 Å². The lowest BCUT2D eigenvalue weighted by Gasteiger charge is -2.10. The molecule has 0 unspecified atom stereocenters. The summed E-state index contributed by atoms with van der Waals surface area (Å²) in [5.74, 6) is 4.75. The van der Waals surface area contributed by atoms with Crippen molar-refractivity contribution >= 4 is 11.8 Å². The van der Waals surface area contributed by atoms with Crippen molar-refractivity contribution in [2.75, 3.05) is 7.05 Å². The highest BCUT2D eigenvalue weighted by Gasteiger charge is 2.13. The third-order valence-corrected chi connectivity index (χ3v) is 3.86. The summed E-state index contributed by atoms with van der Waals surface area (Å²) in [6.07, 6.45) is 6.13. The lowest BCUT2D eigenvalue weighted by Crippen LogP contribution is -2.33. The summed E-state index contributed by atoms with van der Waals surface area (Å²) in [6.45, 7) is 2.11. The predicted molar refractivity (Wildman–Crippen MR) is 102 cm³/mol. The zero-order valence-corrected chi connectivity index (χ0v) is 15.5. The second-order valence-corrected chi connectivity index (χ2v) is 6.12. The number of carbonyl (C=O) groups is 2. The molecule has 0 aliphatic carbocycles. The van der Waals surface area contributed by atoms with Gasteiger partial charge in [-0.15, -0.1) is 0 Å². The van der Waals surface area contributed by atoms with E-state index < -0.39 is 5.91 Å². The molecule has 0 radical (unpaired) electrons. The summed E-state index contributed by atoms with van der Waals surface area (Å²) in [6, 6.07) is 6.89. The Balaban J connectivity index is 1.76. The number of carbonyl (C=O) groups excluding carboxylic acids is 2. The van der Waals surface area contributed by atoms with Crippen LogP contribution in [-0.2, 0) is 6.54 Å². The minimum atomic E-state index is -0.456. The molecule has 3 aromatic rings. The Hall–Kier alpha value is -3.72. The molecule has 0 saturated heterocycles. The zero-order chi connectivity index (χ0) is 20.1. The van der Waals surface area contributed by atoms with Crippen LogP contribution in [0.25, 0.3) is 11.3 Å². The average molecular weight is 377 g/mol. The van der Waals surface area contributed by atoms with Gasteiger partial charge in [0.1, 0.15) is 5.69 Å². The van der Waals surface area contributed by atoms with Crippen LogP contribution in [0.1, 0.15) is 32.2 Å². The Labute approximate surface area is 161 Å². The van der Waals surface area contributed by atoms with E-state index in [-0.39, 0.29) is 18.1 Å². The van der Waals surface area contributed by atoms with Gasteiger partial charge in [-0.3, -0.25) is 29.5 Å². The molecule has 0 saturated carbocycles. The highest BCUT2D eigenvalue weighted by Crippen LogP contribution is 2.18. The first-order chi connectivity index (χ1) is 13.4. The minimum Gasteiger partial charge on any atom is -0.346 e. The lowest BCUT2D eigenvalue weighted by atomic mass is 10.1. The van der Waals surface area contributed by atoms with Gasteiger partial charge in [0, 0.05) is 24.4 Å². The van der Waals surface area contributed by atoms with Gasteiger partial charge < -0.3 is 5.32 Å². The van der Waals surface area contributed by atoms with Crippen molar-refractivity contribution in [2.24, 2.45) is 5.84 Å². The number of aromatic nitrogens is 4. The van der Waals surface area contributed by atoms with Gasteiger partial charge in [0.25, 0.3) is 11.8 Å². The molecular formula is C19H19N7O2. The number of aryl methyl sites for hydroxylation is 1. The number of nitrogens with two attached hydrogens (primary N) is 1. The third kappa shape index (κ3) is 4.51. The van der Waals surface area contributed by atoms with Crippen molar-refractivity contribution in [3.05, 3.63) is 71.7 Å². The summed E-state index contributed by atoms with van der Waals surface area (Å²) in [4.78, 5) is 41.1. The van der Waals surface area contributed by atoms with Crippen LogP contribution in [-0.4, -0.2) is 43.8 Å². The van der Waals surface area contributed by atoms with Crippen LogP contribution in [0.5, 0.6) is 0 Å². The Morgan fingerprint density at radius 3 is 2.68 bits per heavy atom. The van der Waals surface area contributed by atoms with E-state index in [1.807, 2.05) is 6.92 Å². The van der Waals surface area contributed by atoms with E-state index in [1.165, 1.54) is 19.4 Å². The van der Waals surface area contributed by atoms with Gasteiger partial charge in [-0.05, 0) is 19.1 Å². The van der Waals surface area contributed by atoms with E-state index in [9.17, 15) is 9.59 Å². The molecule has 0 fully saturated rings. The van der Waals surface area contributed by atoms with Crippen molar-refractivity contribution in [1.82, 2.24) is 30.3 Å². The highest BCUT2D eigenvalue weighted by atomic mass is 16.2. The van der Waals surface area contributed by atoms with E-state index in [0.717, 1.165) is 10.7 Å². The molecule has 1 aromatic carbocycles. The van der Waals surface area contributed by atoms with Gasteiger partial charge in [-0.25, -0.2) is 10.8 Å². The molecule has 0 aliphatic heterocycles. The Morgan fingerprint density at radius 1 is 1.14 bits per heavy atom. The van der Waals surface area contributed by atoms with Crippen molar-refractivity contribution in [2.45, 2.75) is 13.5 Å². The number of hydrazine groups is 1. The van der Waals surface area contributed by atoms with Crippen LogP contribution < -0.4 is 11.2 Å². The van der Waals surface area contributed by atoms with E-state index >= 15 is 0 Å². The highest BCUT2D eigenvalue weighted by molar-refractivity contribution is 5.95. The molecule has 0 bridgehead atoms. The molecule has 3 rings (SSSR count). The number of rotatable bonds is 5. The van der Waals surface area contributed by atoms with E-state index in [0.29, 0.717) is 22.5 Å². The summed E-state index contributed by atoms with van der Waals surface area (Å²) in [7, 11) is 1.43. The standard InChI is InChI=1S/C19H19N7O2/c1-12-7-23-15(8-22-12)9-24-18(27)14-5-3-4-13(6-14)16-10-21-11-17(25-16)19(28)26(2)20/h3-8,10-11H,9,20H2,1-2H3,(H,24,27). The maximum absolute atomic E-state index is 12.5. The summed E-state index contributed by atoms with van der Waals surface area (Å²) in [5.41, 5.74) is 3.17. The molecular weight excluding hydrogens is 358 g/mol. The quantitative estimate of drug-likeness (QED) is 0.387. The van der Waals surface area contributed by atoms with Crippen molar-refractivity contribution in [3.63, 3.8) is 0 Å². The van der Waals surface area contributed by atoms with E-state index in [2.05, 4.69) is 25.3 Å². The summed E-state index contributed by atoms with van der Waals surface area (Å²) in [5, 5.41) is 3.74. The maximum atomic E-state index is 12.5. The van der Waals surface area contributed by atoms with Crippen LogP contribution >= 0.6 is 0 Å². The van der Waals surface area contributed by atoms with Crippen molar-refractivity contribution < 1.29 is 9.59 Å². The molecule has 3 N–H and O–H groups in total. The van der Waals surface area contributed by atoms with Gasteiger partial charge in [-0.1, -0.05) is 12.1 Å². The number of nitrogens with one attached hydrogen (secondary N) is 1. The first-order valence-electron chi connectivity index (χ1n) is 8.45. The Kier molecular flexibility index (Phi) is 5.66. The number of nitrogens with zero attached hydrogens (tertiary/aromatic N) is 5. The minimum absolute atomic E-state index is 0.121. The van der Waals surface area contributed by atoms with Gasteiger partial charge in [0.2, 0.25) is 0 Å². The molecule has 0 aliphatic rings. The molecule has 2 amide bonds. The third-order valence-electron chi connectivity index (χ3n) is 3.86. The largest absolute Gasteiger partial charge is 0.346 e. The fraction of sp³-hybridized carbons (Fsp3) is 0.158. The summed E-state index contributed by atoms with van der Waals surface area (Å²) >= 11 is 0. The molecule has 0 spiro atoms. The SMILES string of the molecule is Cc1cnc(CNC(=O)c2cccc(-c3cncc(C(=O)N(C)N)n3)c2)cn1. The monoisotopic (exact) mass is 377 g/mol. The molecule has 142 valence electrons. The average Bonchev–Trinajstić information content (AvgIpc) is 2.72. The molecule has 2 aromatic heterocycles. The first-order valence-corrected chi connectivity index (χ1v) is 8.45. The number of hydrogen-bond donors (Lipinski definition) is 2. The molecule has 28 heavy (non-hydrogen) atoms. The van der Waals surface area contributed by atoms with E-state index in [1.54, 1.807) is 36.7 Å². The van der Waals surface area contributed by atoms with E-state index in [4.69, 9.17) is 5.84 Å². The molecule has 9 heteroatoms. The van der Waals surface area contributed by atoms with Crippen LogP contribution in [0.15, 0.2) is 49.1 Å². The molecule has 9 nitrogen and oxygen atoms in total. The maximum Gasteiger partial charge on any atom is 0.287 e. The number of benzene rings is 1. The number of amides is 2. The van der Waals surface area contributed by atoms with Crippen LogP contribution in [0.2, 0.25) is 0 Å². The van der Waals surface area contributed by atoms with Gasteiger partial charge >= 0.3 is 0 Å². The van der Waals surface area contributed by atoms with Crippen molar-refractivity contribution in [3.8, 4) is 11.3 Å². The van der Waals surface area contributed by atoms with Crippen LogP contribution in [0, 0.1) is 6.92 Å². The molecule has 2 heterocycles. The Morgan fingerprint density at radius 2 is 1.96 bits per heavy atom.